The molecule has 3 rings (SSSR count). The molecule has 1 saturated heterocycles. The molecule has 0 spiro atoms. The number of piperidine rings is 1. The van der Waals surface area contributed by atoms with E-state index in [0.717, 1.165) is 23.6 Å². The lowest BCUT2D eigenvalue weighted by Gasteiger charge is -2.26. The molecule has 162 valence electrons. The summed E-state index contributed by atoms with van der Waals surface area (Å²) in [6.45, 7) is 14.8. The molecule has 4 nitrogen and oxygen atoms in total. The zero-order chi connectivity index (χ0) is 20.8. The van der Waals surface area contributed by atoms with Crippen molar-refractivity contribution in [1.82, 2.24) is 9.88 Å². The number of fused-ring (bicyclic) bond motifs is 1. The van der Waals surface area contributed by atoms with Gasteiger partial charge in [-0.3, -0.25) is 4.98 Å². The normalized spacial score (nSPS) is 15.7. The maximum absolute atomic E-state index is 4.67. The van der Waals surface area contributed by atoms with E-state index in [4.69, 9.17) is 0 Å². The molecule has 0 saturated carbocycles. The van der Waals surface area contributed by atoms with E-state index >= 15 is 0 Å². The Morgan fingerprint density at radius 1 is 1.00 bits per heavy atom. The minimum atomic E-state index is 0. The predicted octanol–water partition coefficient (Wildman–Crippen LogP) is 4.69. The molecule has 1 fully saturated rings. The summed E-state index contributed by atoms with van der Waals surface area (Å²) < 4.78 is 0. The minimum absolute atomic E-state index is 0. The van der Waals surface area contributed by atoms with Gasteiger partial charge in [-0.05, 0) is 103 Å². The highest BCUT2D eigenvalue weighted by Crippen LogP contribution is 2.27. The van der Waals surface area contributed by atoms with Crippen molar-refractivity contribution in [2.45, 2.75) is 59.8 Å². The predicted molar refractivity (Wildman–Crippen MR) is 129 cm³/mol. The third kappa shape index (κ3) is 8.68. The van der Waals surface area contributed by atoms with E-state index in [0.29, 0.717) is 0 Å². The Balaban J connectivity index is 0. The van der Waals surface area contributed by atoms with Gasteiger partial charge in [0.25, 0.3) is 0 Å². The molecule has 0 amide bonds. The number of pyridine rings is 1. The molecule has 28 heavy (non-hydrogen) atoms. The van der Waals surface area contributed by atoms with Crippen molar-refractivity contribution in [3.8, 4) is 0 Å². The molecule has 0 radical (unpaired) electrons. The van der Waals surface area contributed by atoms with Crippen molar-refractivity contribution in [2.75, 3.05) is 34.2 Å². The Kier molecular flexibility index (Phi) is 16.9. The number of hydrogen-bond acceptors (Lipinski definition) is 4. The molecular weight excluding hydrogens is 344 g/mol. The lowest BCUT2D eigenvalue weighted by Crippen LogP contribution is -2.28. The Morgan fingerprint density at radius 2 is 1.54 bits per heavy atom. The van der Waals surface area contributed by atoms with Gasteiger partial charge < -0.3 is 16.4 Å². The molecular formula is C24H46N4. The largest absolute Gasteiger partial charge is 0.333 e. The van der Waals surface area contributed by atoms with E-state index < -0.39 is 0 Å². The van der Waals surface area contributed by atoms with Crippen molar-refractivity contribution in [3.05, 3.63) is 41.2 Å². The van der Waals surface area contributed by atoms with Gasteiger partial charge in [0, 0.05) is 11.3 Å². The van der Waals surface area contributed by atoms with Crippen LogP contribution in [-0.4, -0.2) is 44.1 Å². The summed E-state index contributed by atoms with van der Waals surface area (Å²) in [5, 5.41) is 0. The van der Waals surface area contributed by atoms with Crippen LogP contribution in [0.2, 0.25) is 0 Å². The molecule has 4 heteroatoms. The zero-order valence-corrected chi connectivity index (χ0v) is 18.4. The van der Waals surface area contributed by atoms with Gasteiger partial charge >= 0.3 is 0 Å². The summed E-state index contributed by atoms with van der Waals surface area (Å²) in [5.74, 6) is 0.978. The second-order valence-corrected chi connectivity index (χ2v) is 7.06. The monoisotopic (exact) mass is 390 g/mol. The van der Waals surface area contributed by atoms with Crippen molar-refractivity contribution in [1.29, 1.82) is 0 Å². The third-order valence-corrected chi connectivity index (χ3v) is 5.23. The molecule has 0 bridgehead atoms. The van der Waals surface area contributed by atoms with Gasteiger partial charge in [-0.1, -0.05) is 33.6 Å². The fourth-order valence-electron chi connectivity index (χ4n) is 3.53. The first-order valence-electron chi connectivity index (χ1n) is 10.2. The number of likely N-dealkylation sites (tertiary alicyclic amines) is 1. The molecule has 1 aliphatic carbocycles. The van der Waals surface area contributed by atoms with E-state index in [9.17, 15) is 0 Å². The molecule has 1 aromatic heterocycles. The summed E-state index contributed by atoms with van der Waals surface area (Å²) in [5.41, 5.74) is 15.2. The lowest BCUT2D eigenvalue weighted by atomic mass is 9.89. The maximum Gasteiger partial charge on any atom is 0.0702 e. The van der Waals surface area contributed by atoms with Crippen molar-refractivity contribution < 1.29 is 0 Å². The van der Waals surface area contributed by atoms with Gasteiger partial charge in [-0.15, -0.1) is 0 Å². The van der Waals surface area contributed by atoms with E-state index in [1.165, 1.54) is 76.1 Å². The topological polar surface area (TPSA) is 68.2 Å². The average molecular weight is 391 g/mol. The summed E-state index contributed by atoms with van der Waals surface area (Å²) >= 11 is 0. The number of nitrogens with zero attached hydrogens (tertiary/aromatic N) is 2. The number of rotatable bonds is 2. The van der Waals surface area contributed by atoms with Crippen LogP contribution >= 0.6 is 0 Å². The van der Waals surface area contributed by atoms with Gasteiger partial charge in [-0.25, -0.2) is 0 Å². The van der Waals surface area contributed by atoms with Gasteiger partial charge in [0.1, 0.15) is 0 Å². The highest BCUT2D eigenvalue weighted by atomic mass is 15.1. The summed E-state index contributed by atoms with van der Waals surface area (Å²) in [4.78, 5) is 7.08. The van der Waals surface area contributed by atoms with Crippen LogP contribution in [0.15, 0.2) is 13.2 Å². The highest BCUT2D eigenvalue weighted by molar-refractivity contribution is 5.65. The molecule has 2 aliphatic rings. The maximum atomic E-state index is 4.67. The fourth-order valence-corrected chi connectivity index (χ4v) is 3.53. The Morgan fingerprint density at radius 3 is 2.00 bits per heavy atom. The molecule has 0 unspecified atom stereocenters. The van der Waals surface area contributed by atoms with Crippen LogP contribution in [0.5, 0.6) is 0 Å². The third-order valence-electron chi connectivity index (χ3n) is 5.23. The van der Waals surface area contributed by atoms with Crippen LogP contribution in [-0.2, 0) is 12.8 Å². The minimum Gasteiger partial charge on any atom is -0.333 e. The van der Waals surface area contributed by atoms with E-state index in [-0.39, 0.29) is 7.43 Å². The van der Waals surface area contributed by atoms with Crippen LogP contribution < -0.4 is 11.5 Å². The second-order valence-electron chi connectivity index (χ2n) is 7.06. The van der Waals surface area contributed by atoms with Crippen molar-refractivity contribution >= 4 is 12.2 Å². The van der Waals surface area contributed by atoms with E-state index in [2.05, 4.69) is 55.4 Å². The Labute approximate surface area is 175 Å². The summed E-state index contributed by atoms with van der Waals surface area (Å²) in [6, 6.07) is 0. The van der Waals surface area contributed by atoms with Crippen LogP contribution in [0.3, 0.4) is 0 Å². The first kappa shape index (κ1) is 28.7. The van der Waals surface area contributed by atoms with E-state index in [1.807, 2.05) is 12.2 Å². The second kappa shape index (κ2) is 16.5. The standard InChI is InChI=1S/C14H17N.C7H15N.2CH5N.CH4/c1-4-11-10(3)12-8-6-7-9-14(12)15-13(11)5-2;1-7-3-5-8(2)6-4-7;2*1-2;/h4-5H,1-2,6-9H2,3H3;7H,3-6H2,1-2H3;2*2H2,1H3;1H4. The quantitative estimate of drug-likeness (QED) is 0.769. The SMILES string of the molecule is C.C=Cc1nc2c(c(C)c1C=C)CCCC2.CC1CCN(C)CC1.CN.CN. The van der Waals surface area contributed by atoms with E-state index in [1.54, 1.807) is 0 Å². The van der Waals surface area contributed by atoms with Gasteiger partial charge in [0.2, 0.25) is 0 Å². The molecule has 1 aliphatic heterocycles. The Hall–Kier alpha value is -1.49. The number of aromatic nitrogens is 1. The summed E-state index contributed by atoms with van der Waals surface area (Å²) in [6.07, 6.45) is 11.4. The summed E-state index contributed by atoms with van der Waals surface area (Å²) in [7, 11) is 5.20. The fraction of sp³-hybridized carbons (Fsp3) is 0.625. The first-order valence-corrected chi connectivity index (χ1v) is 10.2. The molecule has 0 atom stereocenters. The lowest BCUT2D eigenvalue weighted by molar-refractivity contribution is 0.230. The van der Waals surface area contributed by atoms with Crippen molar-refractivity contribution in [3.63, 3.8) is 0 Å². The molecule has 0 aromatic carbocycles. The highest BCUT2D eigenvalue weighted by Gasteiger charge is 2.16. The number of nitrogens with two attached hydrogens (primary N) is 2. The average Bonchev–Trinajstić information content (AvgIpc) is 2.73. The Bertz CT molecular complexity index is 548. The number of aryl methyl sites for hydroxylation is 1. The van der Waals surface area contributed by atoms with Crippen LogP contribution in [0.25, 0.3) is 12.2 Å². The smallest absolute Gasteiger partial charge is 0.0702 e. The van der Waals surface area contributed by atoms with Crippen LogP contribution in [0.1, 0.15) is 68.1 Å². The van der Waals surface area contributed by atoms with Crippen molar-refractivity contribution in [2.24, 2.45) is 17.4 Å². The first-order chi connectivity index (χ1) is 13.1. The molecule has 4 N–H and O–H groups in total. The number of hydrogen-bond donors (Lipinski definition) is 2. The van der Waals surface area contributed by atoms with Crippen LogP contribution in [0, 0.1) is 12.8 Å². The van der Waals surface area contributed by atoms with Gasteiger partial charge in [0.05, 0.1) is 5.69 Å². The molecule has 2 heterocycles. The van der Waals surface area contributed by atoms with Crippen LogP contribution in [0.4, 0.5) is 0 Å². The zero-order valence-electron chi connectivity index (χ0n) is 18.4. The van der Waals surface area contributed by atoms with Gasteiger partial charge in [-0.2, -0.15) is 0 Å². The van der Waals surface area contributed by atoms with Gasteiger partial charge in [0.15, 0.2) is 0 Å². The molecule has 1 aromatic rings.